The van der Waals surface area contributed by atoms with E-state index in [4.69, 9.17) is 0 Å². The Morgan fingerprint density at radius 2 is 1.64 bits per heavy atom. The van der Waals surface area contributed by atoms with Gasteiger partial charge in [0.05, 0.1) is 6.04 Å². The monoisotopic (exact) mass is 297 g/mol. The maximum absolute atomic E-state index is 11.6. The Bertz CT molecular complexity index is 488. The van der Waals surface area contributed by atoms with Crippen LogP contribution in [0.15, 0.2) is 30.3 Å². The van der Waals surface area contributed by atoms with Gasteiger partial charge in [-0.2, -0.15) is 0 Å². The highest BCUT2D eigenvalue weighted by atomic mass is 16.1. The van der Waals surface area contributed by atoms with Gasteiger partial charge in [-0.1, -0.05) is 30.3 Å². The van der Waals surface area contributed by atoms with Crippen LogP contribution in [-0.2, 0) is 11.3 Å². The predicted octanol–water partition coefficient (Wildman–Crippen LogP) is 3.95. The van der Waals surface area contributed by atoms with E-state index >= 15 is 0 Å². The van der Waals surface area contributed by atoms with Crippen LogP contribution in [0.25, 0.3) is 0 Å². The summed E-state index contributed by atoms with van der Waals surface area (Å²) in [5.74, 6) is 2.90. The smallest absolute Gasteiger partial charge is 0.136 e. The van der Waals surface area contributed by atoms with E-state index in [9.17, 15) is 4.79 Å². The lowest BCUT2D eigenvalue weighted by molar-refractivity contribution is -0.113. The van der Waals surface area contributed by atoms with Crippen LogP contribution in [-0.4, -0.2) is 12.3 Å². The van der Waals surface area contributed by atoms with Crippen molar-refractivity contribution in [3.05, 3.63) is 35.9 Å². The van der Waals surface area contributed by atoms with Crippen molar-refractivity contribution >= 4 is 6.29 Å². The topological polar surface area (TPSA) is 29.1 Å². The highest BCUT2D eigenvalue weighted by Crippen LogP contribution is 2.61. The van der Waals surface area contributed by atoms with Crippen molar-refractivity contribution in [2.24, 2.45) is 23.2 Å². The van der Waals surface area contributed by atoms with Gasteiger partial charge in [0, 0.05) is 6.54 Å². The van der Waals surface area contributed by atoms with Gasteiger partial charge in [0.25, 0.3) is 0 Å². The lowest BCUT2D eigenvalue weighted by Gasteiger charge is -2.57. The summed E-state index contributed by atoms with van der Waals surface area (Å²) in [6.07, 6.45) is 10.8. The molecule has 0 heterocycles. The molecule has 4 aliphatic rings. The van der Waals surface area contributed by atoms with Crippen molar-refractivity contribution in [1.29, 1.82) is 0 Å². The summed E-state index contributed by atoms with van der Waals surface area (Å²) in [6, 6.07) is 10.4. The molecule has 1 N–H and O–H groups in total. The second-order valence-corrected chi connectivity index (χ2v) is 8.23. The minimum Gasteiger partial charge on any atom is -0.304 e. The molecule has 1 aromatic rings. The van der Waals surface area contributed by atoms with Crippen molar-refractivity contribution in [2.75, 3.05) is 0 Å². The van der Waals surface area contributed by atoms with Gasteiger partial charge >= 0.3 is 0 Å². The molecule has 22 heavy (non-hydrogen) atoms. The maximum Gasteiger partial charge on any atom is 0.136 e. The van der Waals surface area contributed by atoms with Crippen LogP contribution in [0.5, 0.6) is 0 Å². The Morgan fingerprint density at radius 1 is 1.05 bits per heavy atom. The first-order chi connectivity index (χ1) is 10.7. The molecule has 0 unspecified atom stereocenters. The molecule has 0 spiro atoms. The van der Waals surface area contributed by atoms with E-state index in [1.165, 1.54) is 44.1 Å². The van der Waals surface area contributed by atoms with Crippen LogP contribution in [0.2, 0.25) is 0 Å². The fraction of sp³-hybridized carbons (Fsp3) is 0.650. The second kappa shape index (κ2) is 5.81. The van der Waals surface area contributed by atoms with Crippen LogP contribution >= 0.6 is 0 Å². The zero-order valence-electron chi connectivity index (χ0n) is 13.3. The molecule has 1 aromatic carbocycles. The van der Waals surface area contributed by atoms with Gasteiger partial charge in [-0.3, -0.25) is 0 Å². The minimum absolute atomic E-state index is 0.0245. The highest BCUT2D eigenvalue weighted by molar-refractivity contribution is 5.57. The van der Waals surface area contributed by atoms with Crippen LogP contribution in [0.1, 0.15) is 50.5 Å². The van der Waals surface area contributed by atoms with Crippen molar-refractivity contribution < 1.29 is 4.79 Å². The van der Waals surface area contributed by atoms with E-state index in [-0.39, 0.29) is 6.04 Å². The number of rotatable bonds is 6. The van der Waals surface area contributed by atoms with Gasteiger partial charge in [0.15, 0.2) is 0 Å². The molecule has 1 atom stereocenters. The summed E-state index contributed by atoms with van der Waals surface area (Å²) in [4.78, 5) is 11.6. The average molecular weight is 297 g/mol. The molecule has 118 valence electrons. The molecular formula is C20H27NO. The molecule has 0 radical (unpaired) electrons. The van der Waals surface area contributed by atoms with E-state index in [2.05, 4.69) is 29.6 Å². The molecule has 0 aliphatic heterocycles. The number of hydrogen-bond acceptors (Lipinski definition) is 2. The van der Waals surface area contributed by atoms with Crippen molar-refractivity contribution in [3.63, 3.8) is 0 Å². The standard InChI is InChI=1S/C20H27NO/c22-14-19(21-13-15-4-2-1-3-5-15)12-20-9-16-6-17(10-20)8-18(7-16)11-20/h1-5,14,16-19,21H,6-13H2/t16?,17?,18?,19-,20?/m1/s1. The molecular weight excluding hydrogens is 270 g/mol. The van der Waals surface area contributed by atoms with E-state index < -0.39 is 0 Å². The molecule has 4 saturated carbocycles. The van der Waals surface area contributed by atoms with E-state index in [1.54, 1.807) is 0 Å². The summed E-state index contributed by atoms with van der Waals surface area (Å²) >= 11 is 0. The lowest BCUT2D eigenvalue weighted by Crippen LogP contribution is -2.49. The number of aldehydes is 1. The summed E-state index contributed by atoms with van der Waals surface area (Å²) < 4.78 is 0. The van der Waals surface area contributed by atoms with Gasteiger partial charge in [-0.15, -0.1) is 0 Å². The molecule has 4 aliphatic carbocycles. The van der Waals surface area contributed by atoms with E-state index in [0.29, 0.717) is 5.41 Å². The molecule has 4 fully saturated rings. The summed E-state index contributed by atoms with van der Waals surface area (Å²) in [6.45, 7) is 0.802. The van der Waals surface area contributed by atoms with Crippen molar-refractivity contribution in [3.8, 4) is 0 Å². The first-order valence-electron chi connectivity index (χ1n) is 8.97. The second-order valence-electron chi connectivity index (χ2n) is 8.23. The Morgan fingerprint density at radius 3 is 2.18 bits per heavy atom. The predicted molar refractivity (Wildman–Crippen MR) is 88.4 cm³/mol. The fourth-order valence-electron chi connectivity index (χ4n) is 6.02. The van der Waals surface area contributed by atoms with Crippen molar-refractivity contribution in [1.82, 2.24) is 5.32 Å². The van der Waals surface area contributed by atoms with Gasteiger partial charge in [0.2, 0.25) is 0 Å². The molecule has 2 heteroatoms. The third-order valence-corrected chi connectivity index (χ3v) is 6.39. The Balaban J connectivity index is 1.39. The van der Waals surface area contributed by atoms with Crippen LogP contribution in [0.4, 0.5) is 0 Å². The molecule has 0 amide bonds. The molecule has 0 saturated heterocycles. The Hall–Kier alpha value is -1.15. The molecule has 0 aromatic heterocycles. The Labute approximate surface area is 133 Å². The summed E-state index contributed by atoms with van der Waals surface area (Å²) in [5.41, 5.74) is 1.74. The molecule has 5 rings (SSSR count). The van der Waals surface area contributed by atoms with Gasteiger partial charge < -0.3 is 10.1 Å². The quantitative estimate of drug-likeness (QED) is 0.806. The lowest BCUT2D eigenvalue weighted by atomic mass is 9.48. The van der Waals surface area contributed by atoms with Crippen molar-refractivity contribution in [2.45, 2.75) is 57.5 Å². The van der Waals surface area contributed by atoms with E-state index in [1.807, 2.05) is 6.07 Å². The van der Waals surface area contributed by atoms with Crippen LogP contribution < -0.4 is 5.32 Å². The zero-order chi connectivity index (χ0) is 15.0. The average Bonchev–Trinajstić information content (AvgIpc) is 2.51. The summed E-state index contributed by atoms with van der Waals surface area (Å²) in [7, 11) is 0. The number of hydrogen-bond donors (Lipinski definition) is 1. The maximum atomic E-state index is 11.6. The van der Waals surface area contributed by atoms with Gasteiger partial charge in [-0.25, -0.2) is 0 Å². The van der Waals surface area contributed by atoms with Crippen LogP contribution in [0, 0.1) is 23.2 Å². The largest absolute Gasteiger partial charge is 0.304 e. The molecule has 4 bridgehead atoms. The molecule has 2 nitrogen and oxygen atoms in total. The fourth-order valence-corrected chi connectivity index (χ4v) is 6.02. The third kappa shape index (κ3) is 2.86. The number of nitrogens with one attached hydrogen (secondary N) is 1. The SMILES string of the molecule is O=C[C@@H](CC12CC3CC(CC(C3)C1)C2)NCc1ccccc1. The summed E-state index contributed by atoms with van der Waals surface area (Å²) in [5, 5.41) is 3.49. The zero-order valence-corrected chi connectivity index (χ0v) is 13.3. The number of benzene rings is 1. The first-order valence-corrected chi connectivity index (χ1v) is 8.97. The highest BCUT2D eigenvalue weighted by Gasteiger charge is 2.51. The van der Waals surface area contributed by atoms with Gasteiger partial charge in [-0.05, 0) is 73.7 Å². The number of carbonyl (C=O) groups is 1. The normalized spacial score (nSPS) is 37.2. The Kier molecular flexibility index (Phi) is 3.81. The van der Waals surface area contributed by atoms with E-state index in [0.717, 1.165) is 37.0 Å². The van der Waals surface area contributed by atoms with Gasteiger partial charge in [0.1, 0.15) is 6.29 Å². The number of carbonyl (C=O) groups excluding carboxylic acids is 1. The first kappa shape index (κ1) is 14.4. The third-order valence-electron chi connectivity index (χ3n) is 6.39. The van der Waals surface area contributed by atoms with Crippen LogP contribution in [0.3, 0.4) is 0 Å². The minimum atomic E-state index is 0.0245.